The van der Waals surface area contributed by atoms with Crippen molar-refractivity contribution in [3.05, 3.63) is 48.3 Å². The minimum Gasteiger partial charge on any atom is -0.307 e. The zero-order valence-corrected chi connectivity index (χ0v) is 11.1. The summed E-state index contributed by atoms with van der Waals surface area (Å²) in [7, 11) is 0. The summed E-state index contributed by atoms with van der Waals surface area (Å²) in [6.45, 7) is 0. The summed E-state index contributed by atoms with van der Waals surface area (Å²) in [4.78, 5) is 11.6. The number of hydrogen-bond acceptors (Lipinski definition) is 5. The van der Waals surface area contributed by atoms with E-state index in [0.29, 0.717) is 5.56 Å². The monoisotopic (exact) mass is 305 g/mol. The van der Waals surface area contributed by atoms with Crippen LogP contribution in [0.4, 0.5) is 19.0 Å². The SMILES string of the molecule is NNc1nccc2nc(-c3ccccc3)c(C(F)(F)F)nc12. The van der Waals surface area contributed by atoms with Crippen LogP contribution in [0.15, 0.2) is 42.6 Å². The summed E-state index contributed by atoms with van der Waals surface area (Å²) in [6, 6.07) is 9.58. The highest BCUT2D eigenvalue weighted by Gasteiger charge is 2.37. The molecule has 0 saturated heterocycles. The molecule has 0 atom stereocenters. The number of nitrogen functional groups attached to an aromatic ring is 1. The molecule has 5 nitrogen and oxygen atoms in total. The number of aromatic nitrogens is 3. The number of halogens is 3. The van der Waals surface area contributed by atoms with Gasteiger partial charge in [-0.3, -0.25) is 0 Å². The molecule has 0 radical (unpaired) electrons. The predicted octanol–water partition coefficient (Wildman–Crippen LogP) is 3.00. The van der Waals surface area contributed by atoms with Crippen LogP contribution in [0.3, 0.4) is 0 Å². The molecule has 0 aliphatic heterocycles. The van der Waals surface area contributed by atoms with Crippen molar-refractivity contribution in [1.82, 2.24) is 15.0 Å². The average molecular weight is 305 g/mol. The number of nitrogens with two attached hydrogens (primary N) is 1. The van der Waals surface area contributed by atoms with Gasteiger partial charge >= 0.3 is 6.18 Å². The van der Waals surface area contributed by atoms with Crippen LogP contribution in [-0.2, 0) is 6.18 Å². The second-order valence-electron chi connectivity index (χ2n) is 4.46. The highest BCUT2D eigenvalue weighted by molar-refractivity contribution is 5.87. The first-order valence-corrected chi connectivity index (χ1v) is 6.26. The zero-order chi connectivity index (χ0) is 15.7. The Morgan fingerprint density at radius 1 is 1.00 bits per heavy atom. The largest absolute Gasteiger partial charge is 0.435 e. The summed E-state index contributed by atoms with van der Waals surface area (Å²) in [5.74, 6) is 5.30. The Kier molecular flexibility index (Phi) is 3.38. The van der Waals surface area contributed by atoms with E-state index in [4.69, 9.17) is 5.84 Å². The van der Waals surface area contributed by atoms with E-state index < -0.39 is 11.9 Å². The molecule has 3 N–H and O–H groups in total. The maximum atomic E-state index is 13.3. The number of hydrogen-bond donors (Lipinski definition) is 2. The van der Waals surface area contributed by atoms with E-state index in [1.54, 1.807) is 30.3 Å². The van der Waals surface area contributed by atoms with Crippen molar-refractivity contribution in [2.24, 2.45) is 5.84 Å². The molecular formula is C14H10F3N5. The molecule has 2 heterocycles. The minimum atomic E-state index is -4.64. The van der Waals surface area contributed by atoms with Gasteiger partial charge in [-0.25, -0.2) is 20.8 Å². The number of nitrogens with one attached hydrogen (secondary N) is 1. The first kappa shape index (κ1) is 14.2. The molecule has 0 bridgehead atoms. The Balaban J connectivity index is 2.36. The second-order valence-corrected chi connectivity index (χ2v) is 4.46. The molecule has 0 fully saturated rings. The van der Waals surface area contributed by atoms with Gasteiger partial charge in [0.05, 0.1) is 5.52 Å². The van der Waals surface area contributed by atoms with E-state index in [2.05, 4.69) is 20.4 Å². The van der Waals surface area contributed by atoms with Gasteiger partial charge in [0.1, 0.15) is 11.2 Å². The van der Waals surface area contributed by atoms with E-state index in [0.717, 1.165) is 0 Å². The maximum Gasteiger partial charge on any atom is 0.435 e. The molecule has 0 unspecified atom stereocenters. The van der Waals surface area contributed by atoms with Gasteiger partial charge in [0, 0.05) is 11.8 Å². The molecule has 0 aliphatic carbocycles. The first-order chi connectivity index (χ1) is 10.5. The summed E-state index contributed by atoms with van der Waals surface area (Å²) in [5.41, 5.74) is 1.51. The standard InChI is InChI=1S/C14H10F3N5/c15-14(16,17)12-10(8-4-2-1-3-5-8)20-9-6-7-19-13(22-18)11(9)21-12/h1-7H,18H2,(H,19,22). The van der Waals surface area contributed by atoms with Gasteiger partial charge in [-0.2, -0.15) is 13.2 Å². The lowest BCUT2D eigenvalue weighted by molar-refractivity contribution is -0.140. The molecule has 22 heavy (non-hydrogen) atoms. The number of benzene rings is 1. The first-order valence-electron chi connectivity index (χ1n) is 6.26. The van der Waals surface area contributed by atoms with Crippen molar-refractivity contribution >= 4 is 16.9 Å². The molecular weight excluding hydrogens is 295 g/mol. The van der Waals surface area contributed by atoms with Crippen molar-refractivity contribution in [2.45, 2.75) is 6.18 Å². The molecule has 0 aliphatic rings. The van der Waals surface area contributed by atoms with Crippen LogP contribution < -0.4 is 11.3 Å². The Morgan fingerprint density at radius 2 is 1.73 bits per heavy atom. The number of pyridine rings is 1. The third kappa shape index (κ3) is 2.44. The molecule has 1 aromatic carbocycles. The van der Waals surface area contributed by atoms with Crippen LogP contribution in [0, 0.1) is 0 Å². The number of rotatable bonds is 2. The highest BCUT2D eigenvalue weighted by Crippen LogP contribution is 2.36. The van der Waals surface area contributed by atoms with Crippen molar-refractivity contribution in [3.8, 4) is 11.3 Å². The quantitative estimate of drug-likeness (QED) is 0.562. The van der Waals surface area contributed by atoms with Gasteiger partial charge in [-0.1, -0.05) is 30.3 Å². The predicted molar refractivity (Wildman–Crippen MR) is 75.6 cm³/mol. The Labute approximate surface area is 123 Å². The normalized spacial score (nSPS) is 11.6. The van der Waals surface area contributed by atoms with E-state index in [-0.39, 0.29) is 22.5 Å². The zero-order valence-electron chi connectivity index (χ0n) is 11.1. The maximum absolute atomic E-state index is 13.3. The van der Waals surface area contributed by atoms with Gasteiger partial charge in [0.25, 0.3) is 0 Å². The molecule has 112 valence electrons. The molecule has 0 saturated carbocycles. The van der Waals surface area contributed by atoms with E-state index >= 15 is 0 Å². The van der Waals surface area contributed by atoms with Crippen LogP contribution in [0.1, 0.15) is 5.69 Å². The van der Waals surface area contributed by atoms with Crippen molar-refractivity contribution in [1.29, 1.82) is 0 Å². The van der Waals surface area contributed by atoms with E-state index in [1.165, 1.54) is 12.3 Å². The Morgan fingerprint density at radius 3 is 2.36 bits per heavy atom. The smallest absolute Gasteiger partial charge is 0.307 e. The van der Waals surface area contributed by atoms with Crippen molar-refractivity contribution < 1.29 is 13.2 Å². The molecule has 0 amide bonds. The second kappa shape index (κ2) is 5.23. The fourth-order valence-electron chi connectivity index (χ4n) is 2.08. The fraction of sp³-hybridized carbons (Fsp3) is 0.0714. The van der Waals surface area contributed by atoms with Gasteiger partial charge < -0.3 is 5.43 Å². The number of alkyl halides is 3. The van der Waals surface area contributed by atoms with Crippen molar-refractivity contribution in [2.75, 3.05) is 5.43 Å². The van der Waals surface area contributed by atoms with Gasteiger partial charge in [-0.05, 0) is 6.07 Å². The molecule has 3 aromatic rings. The van der Waals surface area contributed by atoms with E-state index in [1.807, 2.05) is 0 Å². The number of fused-ring (bicyclic) bond motifs is 1. The van der Waals surface area contributed by atoms with E-state index in [9.17, 15) is 13.2 Å². The molecule has 8 heteroatoms. The number of nitrogens with zero attached hydrogens (tertiary/aromatic N) is 3. The third-order valence-electron chi connectivity index (χ3n) is 3.04. The molecule has 3 rings (SSSR count). The summed E-state index contributed by atoms with van der Waals surface area (Å²) >= 11 is 0. The summed E-state index contributed by atoms with van der Waals surface area (Å²) in [6.07, 6.45) is -3.25. The minimum absolute atomic E-state index is 0.0305. The highest BCUT2D eigenvalue weighted by atomic mass is 19.4. The van der Waals surface area contributed by atoms with Crippen LogP contribution >= 0.6 is 0 Å². The lowest BCUT2D eigenvalue weighted by atomic mass is 10.1. The lowest BCUT2D eigenvalue weighted by Crippen LogP contribution is -2.14. The van der Waals surface area contributed by atoms with Crippen LogP contribution in [-0.4, -0.2) is 15.0 Å². The van der Waals surface area contributed by atoms with Crippen LogP contribution in [0.5, 0.6) is 0 Å². The Hall–Kier alpha value is -2.74. The van der Waals surface area contributed by atoms with Crippen molar-refractivity contribution in [3.63, 3.8) is 0 Å². The number of anilines is 1. The number of hydrazine groups is 1. The summed E-state index contributed by atoms with van der Waals surface area (Å²) in [5, 5.41) is 0. The molecule has 2 aromatic heterocycles. The fourth-order valence-corrected chi connectivity index (χ4v) is 2.08. The van der Waals surface area contributed by atoms with Gasteiger partial charge in [-0.15, -0.1) is 0 Å². The van der Waals surface area contributed by atoms with Crippen LogP contribution in [0.25, 0.3) is 22.3 Å². The Bertz CT molecular complexity index is 818. The average Bonchev–Trinajstić information content (AvgIpc) is 2.53. The van der Waals surface area contributed by atoms with Crippen LogP contribution in [0.2, 0.25) is 0 Å². The van der Waals surface area contributed by atoms with Gasteiger partial charge in [0.15, 0.2) is 11.5 Å². The molecule has 0 spiro atoms. The van der Waals surface area contributed by atoms with Gasteiger partial charge in [0.2, 0.25) is 0 Å². The lowest BCUT2D eigenvalue weighted by Gasteiger charge is -2.13. The topological polar surface area (TPSA) is 76.7 Å². The summed E-state index contributed by atoms with van der Waals surface area (Å²) < 4.78 is 40.0. The third-order valence-corrected chi connectivity index (χ3v) is 3.04.